The van der Waals surface area contributed by atoms with Gasteiger partial charge in [0, 0.05) is 11.9 Å². The minimum atomic E-state index is -0.274. The van der Waals surface area contributed by atoms with Crippen molar-refractivity contribution in [2.45, 2.75) is 27.2 Å². The summed E-state index contributed by atoms with van der Waals surface area (Å²) < 4.78 is 5.28. The van der Waals surface area contributed by atoms with Gasteiger partial charge in [-0.1, -0.05) is 30.7 Å². The SMILES string of the molecule is CCCN(CC(=O)Nc1ccccc1OC)C(=O)c1cc2cc(C)ccc2nc1C. The molecule has 2 aromatic carbocycles. The molecule has 0 unspecified atom stereocenters. The van der Waals surface area contributed by atoms with E-state index >= 15 is 0 Å². The molecule has 0 radical (unpaired) electrons. The van der Waals surface area contributed by atoms with Gasteiger partial charge in [0.05, 0.1) is 29.6 Å². The number of anilines is 1. The summed E-state index contributed by atoms with van der Waals surface area (Å²) in [6, 6.07) is 15.0. The second kappa shape index (κ2) is 9.39. The predicted molar refractivity (Wildman–Crippen MR) is 119 cm³/mol. The number of hydrogen-bond acceptors (Lipinski definition) is 4. The molecule has 0 aliphatic heterocycles. The Bertz CT molecular complexity index is 1080. The van der Waals surface area contributed by atoms with Crippen LogP contribution in [0.2, 0.25) is 0 Å². The van der Waals surface area contributed by atoms with Crippen molar-refractivity contribution in [2.75, 3.05) is 25.5 Å². The lowest BCUT2D eigenvalue weighted by Crippen LogP contribution is -2.39. The van der Waals surface area contributed by atoms with Crippen molar-refractivity contribution in [2.24, 2.45) is 0 Å². The minimum absolute atomic E-state index is 0.0456. The lowest BCUT2D eigenvalue weighted by Gasteiger charge is -2.23. The Labute approximate surface area is 176 Å². The number of aryl methyl sites for hydroxylation is 2. The average molecular weight is 405 g/mol. The van der Waals surface area contributed by atoms with E-state index in [9.17, 15) is 9.59 Å². The van der Waals surface area contributed by atoms with Crippen molar-refractivity contribution in [3.05, 3.63) is 65.4 Å². The van der Waals surface area contributed by atoms with Gasteiger partial charge in [-0.25, -0.2) is 0 Å². The number of aromatic nitrogens is 1. The summed E-state index contributed by atoms with van der Waals surface area (Å²) in [4.78, 5) is 32.1. The molecule has 1 heterocycles. The standard InChI is InChI=1S/C24H27N3O3/c1-5-12-27(15-23(28)26-21-8-6-7-9-22(21)30-4)24(29)19-14-18-13-16(2)10-11-20(18)25-17(19)3/h6-11,13-14H,5,12,15H2,1-4H3,(H,26,28). The van der Waals surface area contributed by atoms with Crippen LogP contribution in [0.5, 0.6) is 5.75 Å². The smallest absolute Gasteiger partial charge is 0.256 e. The Morgan fingerprint density at radius 1 is 1.10 bits per heavy atom. The van der Waals surface area contributed by atoms with E-state index in [1.54, 1.807) is 24.1 Å². The molecule has 3 aromatic rings. The largest absolute Gasteiger partial charge is 0.495 e. The summed E-state index contributed by atoms with van der Waals surface area (Å²) in [7, 11) is 1.55. The van der Waals surface area contributed by atoms with Crippen molar-refractivity contribution in [3.63, 3.8) is 0 Å². The molecule has 30 heavy (non-hydrogen) atoms. The van der Waals surface area contributed by atoms with Crippen molar-refractivity contribution < 1.29 is 14.3 Å². The molecule has 0 aliphatic rings. The maximum Gasteiger partial charge on any atom is 0.256 e. The number of carbonyl (C=O) groups is 2. The number of carbonyl (C=O) groups excluding carboxylic acids is 2. The van der Waals surface area contributed by atoms with Gasteiger partial charge in [-0.05, 0) is 50.6 Å². The molecular weight excluding hydrogens is 378 g/mol. The highest BCUT2D eigenvalue weighted by atomic mass is 16.5. The molecule has 6 heteroatoms. The topological polar surface area (TPSA) is 71.5 Å². The molecule has 1 N–H and O–H groups in total. The maximum absolute atomic E-state index is 13.3. The number of fused-ring (bicyclic) bond motifs is 1. The monoisotopic (exact) mass is 405 g/mol. The van der Waals surface area contributed by atoms with Gasteiger partial charge in [-0.2, -0.15) is 0 Å². The summed E-state index contributed by atoms with van der Waals surface area (Å²) >= 11 is 0. The molecule has 0 spiro atoms. The molecule has 1 aromatic heterocycles. The molecule has 2 amide bonds. The number of hydrogen-bond donors (Lipinski definition) is 1. The van der Waals surface area contributed by atoms with E-state index in [1.165, 1.54) is 0 Å². The van der Waals surface area contributed by atoms with E-state index in [1.807, 2.05) is 57.2 Å². The highest BCUT2D eigenvalue weighted by Gasteiger charge is 2.21. The van der Waals surface area contributed by atoms with Crippen LogP contribution in [-0.2, 0) is 4.79 Å². The normalized spacial score (nSPS) is 10.7. The first-order chi connectivity index (χ1) is 14.4. The van der Waals surface area contributed by atoms with Gasteiger partial charge in [0.2, 0.25) is 5.91 Å². The van der Waals surface area contributed by atoms with Crippen LogP contribution in [0, 0.1) is 13.8 Å². The fourth-order valence-electron chi connectivity index (χ4n) is 3.41. The quantitative estimate of drug-likeness (QED) is 0.634. The van der Waals surface area contributed by atoms with Gasteiger partial charge in [0.1, 0.15) is 12.3 Å². The Balaban J connectivity index is 1.83. The van der Waals surface area contributed by atoms with Crippen molar-refractivity contribution in [1.82, 2.24) is 9.88 Å². The van der Waals surface area contributed by atoms with E-state index in [0.717, 1.165) is 22.9 Å². The summed E-state index contributed by atoms with van der Waals surface area (Å²) in [5.41, 5.74) is 3.71. The highest BCUT2D eigenvalue weighted by molar-refractivity contribution is 6.02. The van der Waals surface area contributed by atoms with Crippen molar-refractivity contribution in [1.29, 1.82) is 0 Å². The zero-order valence-corrected chi connectivity index (χ0v) is 17.9. The lowest BCUT2D eigenvalue weighted by atomic mass is 10.1. The first-order valence-electron chi connectivity index (χ1n) is 10.0. The average Bonchev–Trinajstić information content (AvgIpc) is 2.73. The molecule has 0 saturated carbocycles. The van der Waals surface area contributed by atoms with Gasteiger partial charge < -0.3 is 15.0 Å². The summed E-state index contributed by atoms with van der Waals surface area (Å²) in [5.74, 6) is 0.105. The molecule has 0 saturated heterocycles. The molecule has 0 aliphatic carbocycles. The van der Waals surface area contributed by atoms with Gasteiger partial charge in [0.25, 0.3) is 5.91 Å². The summed E-state index contributed by atoms with van der Waals surface area (Å²) in [6.07, 6.45) is 0.743. The molecule has 0 bridgehead atoms. The minimum Gasteiger partial charge on any atom is -0.495 e. The number of nitrogens with one attached hydrogen (secondary N) is 1. The molecule has 156 valence electrons. The first kappa shape index (κ1) is 21.3. The number of ether oxygens (including phenoxy) is 1. The Kier molecular flexibility index (Phi) is 6.67. The fourth-order valence-corrected chi connectivity index (χ4v) is 3.41. The van der Waals surface area contributed by atoms with Crippen molar-refractivity contribution in [3.8, 4) is 5.75 Å². The third kappa shape index (κ3) is 4.76. The Hall–Kier alpha value is -3.41. The second-order valence-electron chi connectivity index (χ2n) is 7.29. The first-order valence-corrected chi connectivity index (χ1v) is 10.0. The second-order valence-corrected chi connectivity index (χ2v) is 7.29. The number of amides is 2. The van der Waals surface area contributed by atoms with Gasteiger partial charge in [-0.15, -0.1) is 0 Å². The van der Waals surface area contributed by atoms with E-state index in [2.05, 4.69) is 10.3 Å². The van der Waals surface area contributed by atoms with Crippen LogP contribution in [0.15, 0.2) is 48.5 Å². The zero-order chi connectivity index (χ0) is 21.7. The van der Waals surface area contributed by atoms with Gasteiger partial charge in [-0.3, -0.25) is 14.6 Å². The number of pyridine rings is 1. The Morgan fingerprint density at radius 3 is 2.60 bits per heavy atom. The zero-order valence-electron chi connectivity index (χ0n) is 17.9. The van der Waals surface area contributed by atoms with Crippen LogP contribution in [0.3, 0.4) is 0 Å². The van der Waals surface area contributed by atoms with E-state index in [4.69, 9.17) is 4.74 Å². The molecular formula is C24H27N3O3. The summed E-state index contributed by atoms with van der Waals surface area (Å²) in [5, 5.41) is 3.75. The van der Waals surface area contributed by atoms with E-state index < -0.39 is 0 Å². The molecule has 0 fully saturated rings. The highest BCUT2D eigenvalue weighted by Crippen LogP contribution is 2.23. The number of methoxy groups -OCH3 is 1. The maximum atomic E-state index is 13.3. The van der Waals surface area contributed by atoms with E-state index in [0.29, 0.717) is 29.2 Å². The van der Waals surface area contributed by atoms with Gasteiger partial charge in [0.15, 0.2) is 0 Å². The van der Waals surface area contributed by atoms with E-state index in [-0.39, 0.29) is 18.4 Å². The molecule has 6 nitrogen and oxygen atoms in total. The Morgan fingerprint density at radius 2 is 1.87 bits per heavy atom. The van der Waals surface area contributed by atoms with Gasteiger partial charge >= 0.3 is 0 Å². The third-order valence-electron chi connectivity index (χ3n) is 4.89. The number of rotatable bonds is 7. The summed E-state index contributed by atoms with van der Waals surface area (Å²) in [6.45, 7) is 6.24. The number of para-hydroxylation sites is 2. The van der Waals surface area contributed by atoms with Crippen LogP contribution >= 0.6 is 0 Å². The van der Waals surface area contributed by atoms with Crippen LogP contribution in [-0.4, -0.2) is 41.9 Å². The third-order valence-corrected chi connectivity index (χ3v) is 4.89. The van der Waals surface area contributed by atoms with Crippen LogP contribution in [0.4, 0.5) is 5.69 Å². The van der Waals surface area contributed by atoms with Crippen LogP contribution in [0.1, 0.15) is 35.0 Å². The molecule has 3 rings (SSSR count). The van der Waals surface area contributed by atoms with Crippen LogP contribution < -0.4 is 10.1 Å². The number of nitrogens with zero attached hydrogens (tertiary/aromatic N) is 2. The fraction of sp³-hybridized carbons (Fsp3) is 0.292. The number of benzene rings is 2. The predicted octanol–water partition coefficient (Wildman–Crippen LogP) is 4.35. The lowest BCUT2D eigenvalue weighted by molar-refractivity contribution is -0.116. The van der Waals surface area contributed by atoms with Crippen LogP contribution in [0.25, 0.3) is 10.9 Å². The molecule has 0 atom stereocenters. The van der Waals surface area contributed by atoms with Crippen molar-refractivity contribution >= 4 is 28.4 Å².